The first kappa shape index (κ1) is 23.7. The summed E-state index contributed by atoms with van der Waals surface area (Å²) in [5.41, 5.74) is 2.19. The third kappa shape index (κ3) is 9.02. The zero-order chi connectivity index (χ0) is 21.1. The van der Waals surface area contributed by atoms with E-state index in [-0.39, 0.29) is 30.7 Å². The van der Waals surface area contributed by atoms with E-state index >= 15 is 0 Å². The molecule has 0 aromatic heterocycles. The molecule has 1 rings (SSSR count). The Bertz CT molecular complexity index is 658. The SMILES string of the molecule is CCCCN(Cc1cccc(C)c1)C(=O)CNC(=O)C(CC(=O)O)CC(C)C. The highest BCUT2D eigenvalue weighted by Gasteiger charge is 2.24. The Balaban J connectivity index is 2.72. The quantitative estimate of drug-likeness (QED) is 0.573. The van der Waals surface area contributed by atoms with Gasteiger partial charge in [0.2, 0.25) is 11.8 Å². The number of rotatable bonds is 12. The molecule has 0 heterocycles. The number of carbonyl (C=O) groups excluding carboxylic acids is 2. The van der Waals surface area contributed by atoms with Gasteiger partial charge in [0, 0.05) is 19.0 Å². The molecule has 0 radical (unpaired) electrons. The van der Waals surface area contributed by atoms with Crippen LogP contribution < -0.4 is 5.32 Å². The molecule has 0 fully saturated rings. The van der Waals surface area contributed by atoms with Crippen molar-refractivity contribution < 1.29 is 19.5 Å². The standard InChI is InChI=1S/C22H34N2O4/c1-5-6-10-24(15-18-9-7-8-17(4)12-18)20(25)14-23-22(28)19(11-16(2)3)13-21(26)27/h7-9,12,16,19H,5-6,10-11,13-15H2,1-4H3,(H,23,28)(H,26,27). The predicted molar refractivity (Wildman–Crippen MR) is 110 cm³/mol. The number of carboxylic acids is 1. The molecule has 0 saturated heterocycles. The van der Waals surface area contributed by atoms with Crippen LogP contribution in [0.2, 0.25) is 0 Å². The summed E-state index contributed by atoms with van der Waals surface area (Å²) in [7, 11) is 0. The van der Waals surface area contributed by atoms with Crippen LogP contribution in [0.25, 0.3) is 0 Å². The highest BCUT2D eigenvalue weighted by molar-refractivity contribution is 5.87. The van der Waals surface area contributed by atoms with Crippen molar-refractivity contribution in [2.75, 3.05) is 13.1 Å². The van der Waals surface area contributed by atoms with Gasteiger partial charge >= 0.3 is 5.97 Å². The molecular formula is C22H34N2O4. The summed E-state index contributed by atoms with van der Waals surface area (Å²) in [4.78, 5) is 37.9. The monoisotopic (exact) mass is 390 g/mol. The summed E-state index contributed by atoms with van der Waals surface area (Å²) in [6.07, 6.45) is 2.12. The van der Waals surface area contributed by atoms with E-state index in [4.69, 9.17) is 5.11 Å². The van der Waals surface area contributed by atoms with Gasteiger partial charge < -0.3 is 15.3 Å². The number of unbranched alkanes of at least 4 members (excludes halogenated alkanes) is 1. The molecule has 0 spiro atoms. The van der Waals surface area contributed by atoms with Crippen molar-refractivity contribution in [3.05, 3.63) is 35.4 Å². The fraction of sp³-hybridized carbons (Fsp3) is 0.591. The minimum Gasteiger partial charge on any atom is -0.481 e. The van der Waals surface area contributed by atoms with Crippen molar-refractivity contribution in [1.82, 2.24) is 10.2 Å². The van der Waals surface area contributed by atoms with Gasteiger partial charge in [-0.25, -0.2) is 0 Å². The van der Waals surface area contributed by atoms with Gasteiger partial charge in [-0.05, 0) is 31.2 Å². The normalized spacial score (nSPS) is 11.9. The number of nitrogens with one attached hydrogen (secondary N) is 1. The summed E-state index contributed by atoms with van der Waals surface area (Å²) >= 11 is 0. The van der Waals surface area contributed by atoms with E-state index in [1.165, 1.54) is 0 Å². The summed E-state index contributed by atoms with van der Waals surface area (Å²) in [6, 6.07) is 8.02. The van der Waals surface area contributed by atoms with Crippen LogP contribution in [0, 0.1) is 18.8 Å². The number of hydrogen-bond acceptors (Lipinski definition) is 3. The maximum absolute atomic E-state index is 12.7. The molecule has 1 aromatic rings. The lowest BCUT2D eigenvalue weighted by atomic mass is 9.93. The van der Waals surface area contributed by atoms with Crippen LogP contribution in [0.15, 0.2) is 24.3 Å². The lowest BCUT2D eigenvalue weighted by molar-refractivity contribution is -0.141. The first-order valence-corrected chi connectivity index (χ1v) is 10.1. The Labute approximate surface area is 168 Å². The van der Waals surface area contributed by atoms with Crippen molar-refractivity contribution in [1.29, 1.82) is 0 Å². The van der Waals surface area contributed by atoms with Gasteiger partial charge in [-0.1, -0.05) is 57.0 Å². The zero-order valence-corrected chi connectivity index (χ0v) is 17.5. The third-order valence-electron chi connectivity index (χ3n) is 4.55. The van der Waals surface area contributed by atoms with Crippen LogP contribution in [0.4, 0.5) is 0 Å². The molecule has 2 N–H and O–H groups in total. The highest BCUT2D eigenvalue weighted by Crippen LogP contribution is 2.16. The maximum atomic E-state index is 12.7. The lowest BCUT2D eigenvalue weighted by Crippen LogP contribution is -2.42. The predicted octanol–water partition coefficient (Wildman–Crippen LogP) is 3.38. The van der Waals surface area contributed by atoms with E-state index in [9.17, 15) is 14.4 Å². The van der Waals surface area contributed by atoms with Crippen LogP contribution in [-0.4, -0.2) is 40.9 Å². The topological polar surface area (TPSA) is 86.7 Å². The number of nitrogens with zero attached hydrogens (tertiary/aromatic N) is 1. The highest BCUT2D eigenvalue weighted by atomic mass is 16.4. The summed E-state index contributed by atoms with van der Waals surface area (Å²) in [6.45, 7) is 9.00. The largest absolute Gasteiger partial charge is 0.481 e. The van der Waals surface area contributed by atoms with Crippen molar-refractivity contribution in [2.24, 2.45) is 11.8 Å². The van der Waals surface area contributed by atoms with Gasteiger partial charge in [-0.2, -0.15) is 0 Å². The first-order chi connectivity index (χ1) is 13.2. The molecule has 0 saturated carbocycles. The van der Waals surface area contributed by atoms with E-state index in [1.54, 1.807) is 4.90 Å². The second-order valence-electron chi connectivity index (χ2n) is 7.80. The van der Waals surface area contributed by atoms with Crippen molar-refractivity contribution in [3.63, 3.8) is 0 Å². The number of amides is 2. The van der Waals surface area contributed by atoms with Gasteiger partial charge in [0.05, 0.1) is 13.0 Å². The zero-order valence-electron chi connectivity index (χ0n) is 17.5. The summed E-state index contributed by atoms with van der Waals surface area (Å²) in [5.74, 6) is -1.94. The van der Waals surface area contributed by atoms with Gasteiger partial charge in [-0.3, -0.25) is 14.4 Å². The minimum absolute atomic E-state index is 0.109. The molecule has 0 bridgehead atoms. The minimum atomic E-state index is -1.00. The van der Waals surface area contributed by atoms with E-state index in [0.29, 0.717) is 19.5 Å². The number of aryl methyl sites for hydroxylation is 1. The molecule has 28 heavy (non-hydrogen) atoms. The van der Waals surface area contributed by atoms with E-state index < -0.39 is 11.9 Å². The molecule has 1 aromatic carbocycles. The number of hydrogen-bond donors (Lipinski definition) is 2. The van der Waals surface area contributed by atoms with E-state index in [1.807, 2.05) is 39.0 Å². The van der Waals surface area contributed by atoms with Crippen LogP contribution in [0.1, 0.15) is 57.6 Å². The molecule has 0 aliphatic heterocycles. The molecule has 0 aliphatic rings. The maximum Gasteiger partial charge on any atom is 0.304 e. The summed E-state index contributed by atoms with van der Waals surface area (Å²) in [5, 5.41) is 11.7. The molecule has 6 nitrogen and oxygen atoms in total. The average Bonchev–Trinajstić information content (AvgIpc) is 2.61. The fourth-order valence-electron chi connectivity index (χ4n) is 3.15. The van der Waals surface area contributed by atoms with Gasteiger partial charge in [0.15, 0.2) is 0 Å². The second kappa shape index (κ2) is 12.2. The first-order valence-electron chi connectivity index (χ1n) is 10.1. The Morgan fingerprint density at radius 3 is 2.50 bits per heavy atom. The third-order valence-corrected chi connectivity index (χ3v) is 4.55. The van der Waals surface area contributed by atoms with Crippen molar-refractivity contribution >= 4 is 17.8 Å². The van der Waals surface area contributed by atoms with Gasteiger partial charge in [-0.15, -0.1) is 0 Å². The Morgan fingerprint density at radius 1 is 1.21 bits per heavy atom. The number of aliphatic carboxylic acids is 1. The smallest absolute Gasteiger partial charge is 0.304 e. The van der Waals surface area contributed by atoms with Gasteiger partial charge in [0.25, 0.3) is 0 Å². The van der Waals surface area contributed by atoms with Crippen LogP contribution >= 0.6 is 0 Å². The molecule has 2 amide bonds. The molecule has 0 aliphatic carbocycles. The van der Waals surface area contributed by atoms with Gasteiger partial charge in [0.1, 0.15) is 0 Å². The average molecular weight is 391 g/mol. The van der Waals surface area contributed by atoms with Crippen molar-refractivity contribution in [3.8, 4) is 0 Å². The molecule has 156 valence electrons. The Morgan fingerprint density at radius 2 is 1.93 bits per heavy atom. The van der Waals surface area contributed by atoms with E-state index in [2.05, 4.69) is 18.3 Å². The Hall–Kier alpha value is -2.37. The second-order valence-corrected chi connectivity index (χ2v) is 7.80. The molecule has 1 unspecified atom stereocenters. The Kier molecular flexibility index (Phi) is 10.3. The number of benzene rings is 1. The summed E-state index contributed by atoms with van der Waals surface area (Å²) < 4.78 is 0. The van der Waals surface area contributed by atoms with Crippen molar-refractivity contribution in [2.45, 2.75) is 59.9 Å². The van der Waals surface area contributed by atoms with Crippen LogP contribution in [0.3, 0.4) is 0 Å². The molecule has 1 atom stereocenters. The fourth-order valence-corrected chi connectivity index (χ4v) is 3.15. The molecular weight excluding hydrogens is 356 g/mol. The van der Waals surface area contributed by atoms with Crippen LogP contribution in [0.5, 0.6) is 0 Å². The number of carbonyl (C=O) groups is 3. The lowest BCUT2D eigenvalue weighted by Gasteiger charge is -2.24. The number of carboxylic acid groups (broad SMARTS) is 1. The molecule has 6 heteroatoms. The van der Waals surface area contributed by atoms with E-state index in [0.717, 1.165) is 24.0 Å². The van der Waals surface area contributed by atoms with Crippen LogP contribution in [-0.2, 0) is 20.9 Å².